The van der Waals surface area contributed by atoms with Crippen molar-refractivity contribution in [2.24, 2.45) is 43.3 Å². The Hall–Kier alpha value is -1.53. The number of aliphatic hydroxyl groups is 2. The minimum Gasteiger partial charge on any atom is -0.393 e. The zero-order chi connectivity index (χ0) is 70.9. The predicted molar refractivity (Wildman–Crippen MR) is 392 cm³/mol. The Morgan fingerprint density at radius 1 is 0.455 bits per heavy atom. The minimum absolute atomic E-state index is 0. The number of carbonyl (C=O) groups excluding carboxylic acids is 3. The molecule has 0 rings (SSSR count). The number of aliphatic hydroxyl groups excluding tert-OH is 2. The third-order valence-electron chi connectivity index (χ3n) is 13.5. The molecule has 0 aliphatic rings. The molecule has 0 aliphatic heterocycles. The number of allylic oxidation sites excluding steroid dienone is 2. The molecule has 0 aromatic rings. The zero-order valence-electron chi connectivity index (χ0n) is 66.1. The van der Waals surface area contributed by atoms with Gasteiger partial charge < -0.3 is 39.3 Å². The number of rotatable bonds is 28. The third-order valence-corrected chi connectivity index (χ3v) is 13.5. The maximum absolute atomic E-state index is 11.7. The van der Waals surface area contributed by atoms with E-state index >= 15 is 0 Å². The van der Waals surface area contributed by atoms with E-state index < -0.39 is 0 Å². The van der Waals surface area contributed by atoms with Crippen molar-refractivity contribution in [1.29, 1.82) is 0 Å². The lowest BCUT2D eigenvalue weighted by Gasteiger charge is -2.21. The molecule has 88 heavy (non-hydrogen) atoms. The topological polar surface area (TPSA) is 141 Å². The van der Waals surface area contributed by atoms with E-state index in [2.05, 4.69) is 204 Å². The lowest BCUT2D eigenvalue weighted by Crippen LogP contribution is -2.38. The summed E-state index contributed by atoms with van der Waals surface area (Å²) in [6, 6.07) is -0.313. The summed E-state index contributed by atoms with van der Waals surface area (Å²) in [6.07, 6.45) is 21.1. The molecule has 0 saturated heterocycles. The van der Waals surface area contributed by atoms with Crippen molar-refractivity contribution >= 4 is 17.3 Å². The fourth-order valence-electron chi connectivity index (χ4n) is 6.47. The van der Waals surface area contributed by atoms with Gasteiger partial charge in [-0.25, -0.2) is 0 Å². The lowest BCUT2D eigenvalue weighted by atomic mass is 9.86. The number of hydrogen-bond donors (Lipinski definition) is 3. The second-order valence-electron chi connectivity index (χ2n) is 34.1. The Morgan fingerprint density at radius 3 is 0.966 bits per heavy atom. The van der Waals surface area contributed by atoms with Crippen LogP contribution in [0.5, 0.6) is 0 Å². The second kappa shape index (κ2) is 57.0. The Balaban J connectivity index is -0.000000117. The SMILES string of the molecule is C.CC(=O)CCC(C)(C)C.CC(O)CCC(C)(C)C.CC(O)CCOC(C)CCC(C)(C)C.CC=CCC(C)(C)C.CCC(=O)C(CC(=O)C(C)(C)C)NC.CCC(C)(C)C.CCOC(C)CCC(C)(C)C.CCOC(C)CCOC(C)CCC(C)(C)C. The van der Waals surface area contributed by atoms with Gasteiger partial charge in [0.05, 0.1) is 42.7 Å². The van der Waals surface area contributed by atoms with Gasteiger partial charge in [0.15, 0.2) is 0 Å². The van der Waals surface area contributed by atoms with Gasteiger partial charge in [-0.1, -0.05) is 206 Å². The standard InChI is InChI=1S/C14H30O2.C12H26O2.C11H21NO2.C10H22O.C8H18O.C8H16O.C8H16.C6H14.CH4/c1-7-15-13(3)9-11-16-12(2)8-10-14(4,5)6;1-10(13)7-9-14-11(2)6-8-12(3,4)5;1-6-9(13)8(12-5)7-10(14)11(2,3)4;1-6-11-9(2)7-8-10(3,4)5;2*1-7(9)5-6-8(2,3)4;1-5-6-7-8(2,3)4;1-5-6(2,3)4;/h12-13H,7-11H2,1-6H3;10-11,13H,6-9H2,1-5H3;8,12H,6-7H2,1-5H3;9H,6-8H2,1-5H3;7,9H,5-6H2,1-4H3;5-6H2,1-4H3;5-6H,7H2,1-4H3;5H2,1-4H3;1H4. The van der Waals surface area contributed by atoms with Gasteiger partial charge in [-0.05, 0) is 191 Å². The van der Waals surface area contributed by atoms with Gasteiger partial charge in [0.25, 0.3) is 0 Å². The normalized spacial score (nSPS) is 14.4. The van der Waals surface area contributed by atoms with Crippen LogP contribution in [-0.2, 0) is 33.3 Å². The van der Waals surface area contributed by atoms with Crippen LogP contribution in [0, 0.1) is 43.3 Å². The molecule has 0 aromatic carbocycles. The van der Waals surface area contributed by atoms with E-state index in [1.54, 1.807) is 20.9 Å². The molecule has 0 radical (unpaired) electrons. The number of ether oxygens (including phenoxy) is 4. The fourth-order valence-corrected chi connectivity index (χ4v) is 6.47. The first-order chi connectivity index (χ1) is 38.9. The summed E-state index contributed by atoms with van der Waals surface area (Å²) < 4.78 is 22.3. The summed E-state index contributed by atoms with van der Waals surface area (Å²) in [4.78, 5) is 33.5. The minimum atomic E-state index is -0.358. The number of Topliss-reactive ketones (excluding diaryl/α,β-unsaturated/α-hetero) is 3. The molecule has 7 unspecified atom stereocenters. The number of nitrogens with one attached hydrogen (secondary N) is 1. The molecule has 7 atom stereocenters. The third kappa shape index (κ3) is 112. The van der Waals surface area contributed by atoms with Crippen LogP contribution in [0.3, 0.4) is 0 Å². The van der Waals surface area contributed by atoms with Crippen molar-refractivity contribution in [3.8, 4) is 0 Å². The van der Waals surface area contributed by atoms with Crippen LogP contribution in [-0.4, -0.2) is 104 Å². The molecule has 10 nitrogen and oxygen atoms in total. The molecule has 0 fully saturated rings. The second-order valence-corrected chi connectivity index (χ2v) is 34.1. The smallest absolute Gasteiger partial charge is 0.149 e. The monoisotopic (exact) mass is 1260 g/mol. The van der Waals surface area contributed by atoms with Crippen molar-refractivity contribution in [3.63, 3.8) is 0 Å². The van der Waals surface area contributed by atoms with Crippen LogP contribution >= 0.6 is 0 Å². The van der Waals surface area contributed by atoms with E-state index in [4.69, 9.17) is 29.2 Å². The van der Waals surface area contributed by atoms with Gasteiger partial charge in [0.1, 0.15) is 17.3 Å². The molecule has 0 amide bonds. The molecule has 0 bridgehead atoms. The van der Waals surface area contributed by atoms with Gasteiger partial charge in [-0.3, -0.25) is 9.59 Å². The number of likely N-dealkylation sites (N-methyl/N-ethyl adjacent to an activating group) is 1. The fraction of sp³-hybridized carbons (Fsp3) is 0.936. The first kappa shape index (κ1) is 105. The van der Waals surface area contributed by atoms with Gasteiger partial charge in [0, 0.05) is 51.1 Å². The predicted octanol–water partition coefficient (Wildman–Crippen LogP) is 22.5. The number of carbonyl (C=O) groups is 3. The van der Waals surface area contributed by atoms with Crippen LogP contribution in [0.2, 0.25) is 0 Å². The maximum Gasteiger partial charge on any atom is 0.149 e. The van der Waals surface area contributed by atoms with Gasteiger partial charge in [0.2, 0.25) is 0 Å². The van der Waals surface area contributed by atoms with Crippen molar-refractivity contribution in [2.75, 3.05) is 33.5 Å². The summed E-state index contributed by atoms with van der Waals surface area (Å²) in [6.45, 7) is 79.5. The highest BCUT2D eigenvalue weighted by molar-refractivity contribution is 5.92. The molecule has 0 spiro atoms. The summed E-state index contributed by atoms with van der Waals surface area (Å²) in [5.74, 6) is 0.522. The van der Waals surface area contributed by atoms with E-state index in [-0.39, 0.29) is 42.7 Å². The Labute approximate surface area is 554 Å². The average Bonchev–Trinajstić information content (AvgIpc) is 3.33. The highest BCUT2D eigenvalue weighted by Gasteiger charge is 2.26. The molecule has 0 heterocycles. The molecular formula is C78H167NO9. The molecular weight excluding hydrogens is 1090 g/mol. The molecule has 3 N–H and O–H groups in total. The van der Waals surface area contributed by atoms with Crippen LogP contribution in [0.25, 0.3) is 0 Å². The van der Waals surface area contributed by atoms with Gasteiger partial charge >= 0.3 is 0 Å². The van der Waals surface area contributed by atoms with Crippen LogP contribution in [0.15, 0.2) is 12.2 Å². The largest absolute Gasteiger partial charge is 0.393 e. The van der Waals surface area contributed by atoms with Crippen molar-refractivity contribution < 1.29 is 43.5 Å². The molecule has 10 heteroatoms. The lowest BCUT2D eigenvalue weighted by molar-refractivity contribution is -0.130. The van der Waals surface area contributed by atoms with Crippen molar-refractivity contribution in [1.82, 2.24) is 5.32 Å². The summed E-state index contributed by atoms with van der Waals surface area (Å²) in [5, 5.41) is 20.8. The van der Waals surface area contributed by atoms with Crippen LogP contribution in [0.4, 0.5) is 0 Å². The van der Waals surface area contributed by atoms with E-state index in [1.165, 1.54) is 38.5 Å². The van der Waals surface area contributed by atoms with E-state index in [1.807, 2.05) is 48.5 Å². The molecule has 0 saturated carbocycles. The van der Waals surface area contributed by atoms with E-state index in [0.29, 0.717) is 87.6 Å². The molecule has 538 valence electrons. The highest BCUT2D eigenvalue weighted by atomic mass is 16.5. The quantitative estimate of drug-likeness (QED) is 0.0649. The Kier molecular flexibility index (Phi) is 68.1. The van der Waals surface area contributed by atoms with E-state index in [0.717, 1.165) is 71.2 Å². The van der Waals surface area contributed by atoms with Crippen molar-refractivity contribution in [2.45, 2.75) is 402 Å². The molecule has 0 aromatic heterocycles. The van der Waals surface area contributed by atoms with Crippen LogP contribution in [0.1, 0.15) is 359 Å². The van der Waals surface area contributed by atoms with Crippen LogP contribution < -0.4 is 5.32 Å². The Bertz CT molecular complexity index is 1560. The number of ketones is 3. The summed E-state index contributed by atoms with van der Waals surface area (Å²) in [5.41, 5.74) is 2.59. The zero-order valence-corrected chi connectivity index (χ0v) is 66.1. The van der Waals surface area contributed by atoms with E-state index in [9.17, 15) is 14.4 Å². The number of hydrogen-bond acceptors (Lipinski definition) is 10. The maximum atomic E-state index is 11.7. The Morgan fingerprint density at radius 2 is 0.761 bits per heavy atom. The van der Waals surface area contributed by atoms with Crippen molar-refractivity contribution in [3.05, 3.63) is 12.2 Å². The summed E-state index contributed by atoms with van der Waals surface area (Å²) in [7, 11) is 1.72. The van der Waals surface area contributed by atoms with Gasteiger partial charge in [-0.15, -0.1) is 0 Å². The van der Waals surface area contributed by atoms with Gasteiger partial charge in [-0.2, -0.15) is 0 Å². The first-order valence-corrected chi connectivity index (χ1v) is 34.6. The molecule has 0 aliphatic carbocycles. The average molecular weight is 1260 g/mol. The summed E-state index contributed by atoms with van der Waals surface area (Å²) >= 11 is 0. The first-order valence-electron chi connectivity index (χ1n) is 34.6. The highest BCUT2D eigenvalue weighted by Crippen LogP contribution is 2.26.